The van der Waals surface area contributed by atoms with Gasteiger partial charge in [-0.25, -0.2) is 9.97 Å². The van der Waals surface area contributed by atoms with Gasteiger partial charge in [0.25, 0.3) is 5.24 Å². The third-order valence-electron chi connectivity index (χ3n) is 2.72. The molecule has 0 bridgehead atoms. The van der Waals surface area contributed by atoms with Crippen LogP contribution in [0.15, 0.2) is 11.2 Å². The minimum absolute atomic E-state index is 0.154. The summed E-state index contributed by atoms with van der Waals surface area (Å²) in [4.78, 5) is 19.7. The van der Waals surface area contributed by atoms with Gasteiger partial charge in [-0.15, -0.1) is 0 Å². The molecule has 114 valence electrons. The van der Waals surface area contributed by atoms with Gasteiger partial charge < -0.3 is 26.7 Å². The highest BCUT2D eigenvalue weighted by atomic mass is 32.2. The summed E-state index contributed by atoms with van der Waals surface area (Å²) >= 11 is 0.786. The van der Waals surface area contributed by atoms with Crippen molar-refractivity contribution in [3.8, 4) is 0 Å². The molecule has 1 amide bonds. The van der Waals surface area contributed by atoms with Gasteiger partial charge in [-0.05, 0) is 11.8 Å². The normalized spacial score (nSPS) is 11.1. The molecule has 21 heavy (non-hydrogen) atoms. The van der Waals surface area contributed by atoms with Crippen LogP contribution >= 0.6 is 11.8 Å². The number of hydrogen-bond acceptors (Lipinski definition) is 8. The number of aromatic nitrogens is 3. The molecular formula is C11H16N6O3S. The zero-order valence-electron chi connectivity index (χ0n) is 11.4. The summed E-state index contributed by atoms with van der Waals surface area (Å²) in [7, 11) is 1.58. The van der Waals surface area contributed by atoms with Gasteiger partial charge in [0, 0.05) is 7.11 Å². The predicted molar refractivity (Wildman–Crippen MR) is 79.6 cm³/mol. The molecule has 0 spiro atoms. The topological polar surface area (TPSA) is 144 Å². The zero-order valence-corrected chi connectivity index (χ0v) is 12.2. The number of ether oxygens (including phenoxy) is 2. The molecule has 0 saturated heterocycles. The van der Waals surface area contributed by atoms with Crippen molar-refractivity contribution in [2.75, 3.05) is 31.8 Å². The molecule has 2 rings (SSSR count). The summed E-state index contributed by atoms with van der Waals surface area (Å²) in [5, 5.41) is -0.0987. The third-order valence-corrected chi connectivity index (χ3v) is 3.54. The fraction of sp³-hybridized carbons (Fsp3) is 0.364. The molecule has 10 heteroatoms. The van der Waals surface area contributed by atoms with Crippen molar-refractivity contribution >= 4 is 39.7 Å². The van der Waals surface area contributed by atoms with Crippen LogP contribution in [-0.2, 0) is 16.2 Å². The summed E-state index contributed by atoms with van der Waals surface area (Å²) in [6, 6.07) is 0. The summed E-state index contributed by atoms with van der Waals surface area (Å²) in [5.41, 5.74) is 17.6. The Balaban J connectivity index is 2.42. The molecule has 6 N–H and O–H groups in total. The number of carbonyl (C=O) groups excluding carboxylic acids is 1. The maximum atomic E-state index is 11.2. The van der Waals surface area contributed by atoms with E-state index in [1.54, 1.807) is 11.7 Å². The van der Waals surface area contributed by atoms with Crippen LogP contribution in [0.1, 0.15) is 0 Å². The van der Waals surface area contributed by atoms with Crippen molar-refractivity contribution in [2.45, 2.75) is 11.6 Å². The Hall–Kier alpha value is -2.04. The van der Waals surface area contributed by atoms with Gasteiger partial charge in [0.05, 0.1) is 23.5 Å². The van der Waals surface area contributed by atoms with E-state index in [9.17, 15) is 4.79 Å². The Bertz CT molecular complexity index is 659. The second-order valence-corrected chi connectivity index (χ2v) is 5.07. The van der Waals surface area contributed by atoms with Crippen molar-refractivity contribution in [3.05, 3.63) is 6.33 Å². The Labute approximate surface area is 124 Å². The summed E-state index contributed by atoms with van der Waals surface area (Å²) in [6.45, 7) is 1.01. The number of nitrogens with two attached hydrogens (primary N) is 3. The smallest absolute Gasteiger partial charge is 0.281 e. The summed E-state index contributed by atoms with van der Waals surface area (Å²) in [5.74, 6) is 0.532. The fourth-order valence-electron chi connectivity index (χ4n) is 1.81. The molecule has 0 aliphatic carbocycles. The summed E-state index contributed by atoms with van der Waals surface area (Å²) < 4.78 is 11.9. The fourth-order valence-corrected chi connectivity index (χ4v) is 2.52. The van der Waals surface area contributed by atoms with Crippen LogP contribution in [0.4, 0.5) is 16.4 Å². The first-order chi connectivity index (χ1) is 10.1. The minimum atomic E-state index is -0.593. The van der Waals surface area contributed by atoms with Crippen molar-refractivity contribution in [2.24, 2.45) is 5.73 Å². The van der Waals surface area contributed by atoms with Crippen LogP contribution in [0.25, 0.3) is 11.0 Å². The number of methoxy groups -OCH3 is 1. The monoisotopic (exact) mass is 312 g/mol. The van der Waals surface area contributed by atoms with Crippen LogP contribution in [0.3, 0.4) is 0 Å². The first-order valence-electron chi connectivity index (χ1n) is 5.98. The minimum Gasteiger partial charge on any atom is -0.384 e. The van der Waals surface area contributed by atoms with Crippen molar-refractivity contribution in [1.29, 1.82) is 0 Å². The lowest BCUT2D eigenvalue weighted by atomic mass is 10.4. The summed E-state index contributed by atoms with van der Waals surface area (Å²) in [6.07, 6.45) is 1.32. The SMILES string of the molecule is COCCOCn1c(N)c(SC(N)=O)c2c(N)ncnc21. The van der Waals surface area contributed by atoms with Crippen molar-refractivity contribution in [1.82, 2.24) is 14.5 Å². The number of nitrogen functional groups attached to an aromatic ring is 2. The van der Waals surface area contributed by atoms with Crippen molar-refractivity contribution in [3.63, 3.8) is 0 Å². The lowest BCUT2D eigenvalue weighted by Gasteiger charge is -2.08. The molecule has 0 aliphatic rings. The highest BCUT2D eigenvalue weighted by molar-refractivity contribution is 8.13. The van der Waals surface area contributed by atoms with E-state index < -0.39 is 5.24 Å². The maximum absolute atomic E-state index is 11.2. The second-order valence-electron chi connectivity index (χ2n) is 4.05. The number of rotatable bonds is 6. The van der Waals surface area contributed by atoms with Gasteiger partial charge in [-0.2, -0.15) is 0 Å². The van der Waals surface area contributed by atoms with E-state index in [0.29, 0.717) is 35.0 Å². The molecule has 2 aromatic rings. The standard InChI is InChI=1S/C11H16N6O3S/c1-19-2-3-20-5-17-9(13)7(21-11(14)18)6-8(12)15-4-16-10(6)17/h4H,2-3,5,13H2,1H3,(H2,14,18)(H2,12,15,16). The van der Waals surface area contributed by atoms with Gasteiger partial charge in [0.15, 0.2) is 0 Å². The van der Waals surface area contributed by atoms with Gasteiger partial charge in [0.2, 0.25) is 0 Å². The van der Waals surface area contributed by atoms with E-state index in [2.05, 4.69) is 9.97 Å². The number of primary amides is 1. The average molecular weight is 312 g/mol. The third kappa shape index (κ3) is 3.17. The molecule has 0 aliphatic heterocycles. The number of anilines is 2. The maximum Gasteiger partial charge on any atom is 0.281 e. The Kier molecular flexibility index (Phi) is 4.83. The molecule has 0 saturated carbocycles. The molecule has 2 heterocycles. The number of fused-ring (bicyclic) bond motifs is 1. The molecule has 0 atom stereocenters. The lowest BCUT2D eigenvalue weighted by molar-refractivity contribution is 0.0365. The lowest BCUT2D eigenvalue weighted by Crippen LogP contribution is -2.10. The van der Waals surface area contributed by atoms with E-state index in [0.717, 1.165) is 11.8 Å². The van der Waals surface area contributed by atoms with Crippen LogP contribution < -0.4 is 17.2 Å². The van der Waals surface area contributed by atoms with Crippen LogP contribution in [0, 0.1) is 0 Å². The van der Waals surface area contributed by atoms with E-state index in [-0.39, 0.29) is 12.5 Å². The van der Waals surface area contributed by atoms with Gasteiger partial charge in [-0.1, -0.05) is 0 Å². The first-order valence-corrected chi connectivity index (χ1v) is 6.80. The number of hydrogen-bond donors (Lipinski definition) is 3. The largest absolute Gasteiger partial charge is 0.384 e. The van der Waals surface area contributed by atoms with Crippen LogP contribution in [-0.4, -0.2) is 40.1 Å². The van der Waals surface area contributed by atoms with E-state index in [1.165, 1.54) is 6.33 Å². The zero-order chi connectivity index (χ0) is 15.4. The number of nitrogens with zero attached hydrogens (tertiary/aromatic N) is 3. The molecule has 0 aromatic carbocycles. The molecular weight excluding hydrogens is 296 g/mol. The number of amides is 1. The first kappa shape index (κ1) is 15.4. The Morgan fingerprint density at radius 3 is 2.81 bits per heavy atom. The molecule has 0 fully saturated rings. The predicted octanol–water partition coefficient (Wildman–Crippen LogP) is 0.387. The Morgan fingerprint density at radius 1 is 1.38 bits per heavy atom. The Morgan fingerprint density at radius 2 is 2.14 bits per heavy atom. The van der Waals surface area contributed by atoms with Gasteiger partial charge in [0.1, 0.15) is 30.3 Å². The highest BCUT2D eigenvalue weighted by Gasteiger charge is 2.21. The van der Waals surface area contributed by atoms with Gasteiger partial charge >= 0.3 is 0 Å². The van der Waals surface area contributed by atoms with Crippen LogP contribution in [0.2, 0.25) is 0 Å². The molecule has 0 unspecified atom stereocenters. The average Bonchev–Trinajstić information content (AvgIpc) is 2.69. The van der Waals surface area contributed by atoms with E-state index >= 15 is 0 Å². The van der Waals surface area contributed by atoms with Crippen molar-refractivity contribution < 1.29 is 14.3 Å². The van der Waals surface area contributed by atoms with E-state index in [4.69, 9.17) is 26.7 Å². The van der Waals surface area contributed by atoms with Gasteiger partial charge in [-0.3, -0.25) is 9.36 Å². The molecule has 2 aromatic heterocycles. The molecule has 0 radical (unpaired) electrons. The highest BCUT2D eigenvalue weighted by Crippen LogP contribution is 2.37. The number of thioether (sulfide) groups is 1. The number of carbonyl (C=O) groups is 1. The second kappa shape index (κ2) is 6.61. The van der Waals surface area contributed by atoms with Crippen LogP contribution in [0.5, 0.6) is 0 Å². The quantitative estimate of drug-likeness (QED) is 0.513. The molecule has 9 nitrogen and oxygen atoms in total. The van der Waals surface area contributed by atoms with E-state index in [1.807, 2.05) is 0 Å².